The Labute approximate surface area is 231 Å². The zero-order chi connectivity index (χ0) is 27.6. The maximum absolute atomic E-state index is 12.0. The molecule has 36 heavy (non-hydrogen) atoms. The first-order valence-corrected chi connectivity index (χ1v) is 16.3. The van der Waals surface area contributed by atoms with Crippen LogP contribution in [0, 0.1) is 5.92 Å². The molecule has 2 amide bonds. The smallest absolute Gasteiger partial charge is 0.229 e. The van der Waals surface area contributed by atoms with Crippen LogP contribution in [0.4, 0.5) is 0 Å². The zero-order valence-corrected chi connectivity index (χ0v) is 26.3. The number of rotatable bonds is 22. The Morgan fingerprint density at radius 3 is 1.69 bits per heavy atom. The lowest BCUT2D eigenvalue weighted by atomic mass is 9.98. The number of hydrogen-bond acceptors (Lipinski definition) is 6. The van der Waals surface area contributed by atoms with E-state index in [1.54, 1.807) is 18.8 Å². The standard InChI is InChI=1S/C18H37NO2S.C10H21NO2S/c1-6-17(18(20)19-15(2)3)11-7-9-13-22-14-10-8-12-21-16(4)5;1-9(2)13-6-4-5-7-14-8-10(12)11-3/h15-17H,6-14H2,1-5H3,(H,19,20);9H,4-8H2,1-3H3,(H,11,12). The summed E-state index contributed by atoms with van der Waals surface area (Å²) in [5.74, 6) is 4.58. The minimum atomic E-state index is 0.105. The molecule has 0 saturated heterocycles. The lowest BCUT2D eigenvalue weighted by Crippen LogP contribution is -2.35. The van der Waals surface area contributed by atoms with E-state index in [1.807, 2.05) is 39.5 Å². The normalized spacial score (nSPS) is 12.0. The third kappa shape index (κ3) is 29.8. The highest BCUT2D eigenvalue weighted by atomic mass is 32.2. The Balaban J connectivity index is 0. The minimum Gasteiger partial charge on any atom is -0.379 e. The van der Waals surface area contributed by atoms with Crippen molar-refractivity contribution in [3.63, 3.8) is 0 Å². The first-order valence-electron chi connectivity index (χ1n) is 14.0. The van der Waals surface area contributed by atoms with Crippen LogP contribution in [-0.2, 0) is 19.1 Å². The van der Waals surface area contributed by atoms with E-state index in [9.17, 15) is 9.59 Å². The molecule has 0 bridgehead atoms. The van der Waals surface area contributed by atoms with E-state index < -0.39 is 0 Å². The van der Waals surface area contributed by atoms with Crippen molar-refractivity contribution in [1.29, 1.82) is 0 Å². The van der Waals surface area contributed by atoms with E-state index in [4.69, 9.17) is 9.47 Å². The maximum Gasteiger partial charge on any atom is 0.229 e. The van der Waals surface area contributed by atoms with E-state index in [1.165, 1.54) is 30.8 Å². The van der Waals surface area contributed by atoms with E-state index in [-0.39, 0.29) is 23.8 Å². The molecule has 1 atom stereocenters. The van der Waals surface area contributed by atoms with Crippen molar-refractivity contribution >= 4 is 35.3 Å². The van der Waals surface area contributed by atoms with Crippen LogP contribution >= 0.6 is 23.5 Å². The summed E-state index contributed by atoms with van der Waals surface area (Å²) in [6, 6.07) is 0.247. The van der Waals surface area contributed by atoms with Crippen LogP contribution in [0.2, 0.25) is 0 Å². The molecule has 0 radical (unpaired) electrons. The summed E-state index contributed by atoms with van der Waals surface area (Å²) in [5.41, 5.74) is 0. The van der Waals surface area contributed by atoms with Gasteiger partial charge in [-0.25, -0.2) is 0 Å². The lowest BCUT2D eigenvalue weighted by molar-refractivity contribution is -0.125. The molecular weight excluding hydrogens is 492 g/mol. The highest BCUT2D eigenvalue weighted by molar-refractivity contribution is 8.00. The number of ether oxygens (including phenoxy) is 2. The number of unbranched alkanes of at least 4 members (excludes halogenated alkanes) is 3. The van der Waals surface area contributed by atoms with Crippen molar-refractivity contribution in [2.24, 2.45) is 5.92 Å². The molecule has 0 aliphatic carbocycles. The maximum atomic E-state index is 12.0. The molecule has 216 valence electrons. The van der Waals surface area contributed by atoms with Gasteiger partial charge in [0.05, 0.1) is 18.0 Å². The first kappa shape index (κ1) is 37.7. The van der Waals surface area contributed by atoms with Gasteiger partial charge in [-0.1, -0.05) is 13.3 Å². The third-order valence-electron chi connectivity index (χ3n) is 5.17. The van der Waals surface area contributed by atoms with Crippen molar-refractivity contribution in [2.75, 3.05) is 43.3 Å². The van der Waals surface area contributed by atoms with Crippen molar-refractivity contribution in [2.45, 2.75) is 118 Å². The average Bonchev–Trinajstić information content (AvgIpc) is 2.81. The highest BCUT2D eigenvalue weighted by Gasteiger charge is 2.16. The van der Waals surface area contributed by atoms with Gasteiger partial charge in [0.2, 0.25) is 11.8 Å². The largest absolute Gasteiger partial charge is 0.379 e. The Kier molecular flexibility index (Phi) is 28.9. The Bertz CT molecular complexity index is 506. The molecular formula is C28H58N2O4S2. The molecule has 0 aromatic carbocycles. The van der Waals surface area contributed by atoms with Crippen LogP contribution in [0.5, 0.6) is 0 Å². The van der Waals surface area contributed by atoms with Crippen LogP contribution in [-0.4, -0.2) is 73.3 Å². The van der Waals surface area contributed by atoms with Crippen LogP contribution in [0.1, 0.15) is 99.8 Å². The molecule has 8 heteroatoms. The van der Waals surface area contributed by atoms with Gasteiger partial charge in [-0.15, -0.1) is 0 Å². The van der Waals surface area contributed by atoms with Crippen molar-refractivity contribution in [1.82, 2.24) is 10.6 Å². The Morgan fingerprint density at radius 1 is 0.750 bits per heavy atom. The zero-order valence-electron chi connectivity index (χ0n) is 24.7. The molecule has 0 aliphatic heterocycles. The Hall–Kier alpha value is -0.440. The fourth-order valence-electron chi connectivity index (χ4n) is 3.11. The molecule has 0 fully saturated rings. The van der Waals surface area contributed by atoms with Crippen LogP contribution < -0.4 is 10.6 Å². The molecule has 0 aromatic heterocycles. The SMILES string of the molecule is CCC(CCCCSCCCCOC(C)C)C(=O)NC(C)C.CNC(=O)CSCCCCOC(C)C. The fourth-order valence-corrected chi connectivity index (χ4v) is 5.01. The average molecular weight is 551 g/mol. The fraction of sp³-hybridized carbons (Fsp3) is 0.929. The highest BCUT2D eigenvalue weighted by Crippen LogP contribution is 2.16. The molecule has 0 aromatic rings. The van der Waals surface area contributed by atoms with Crippen LogP contribution in [0.3, 0.4) is 0 Å². The predicted molar refractivity (Wildman–Crippen MR) is 160 cm³/mol. The van der Waals surface area contributed by atoms with Gasteiger partial charge in [-0.05, 0) is 104 Å². The van der Waals surface area contributed by atoms with Crippen LogP contribution in [0.15, 0.2) is 0 Å². The molecule has 2 N–H and O–H groups in total. The van der Waals surface area contributed by atoms with E-state index >= 15 is 0 Å². The van der Waals surface area contributed by atoms with Crippen molar-refractivity contribution < 1.29 is 19.1 Å². The summed E-state index contributed by atoms with van der Waals surface area (Å²) >= 11 is 3.71. The number of thioether (sulfide) groups is 2. The molecule has 0 rings (SSSR count). The number of amides is 2. The third-order valence-corrected chi connectivity index (χ3v) is 7.36. The second-order valence-corrected chi connectivity index (χ2v) is 12.2. The van der Waals surface area contributed by atoms with Gasteiger partial charge in [0.15, 0.2) is 0 Å². The topological polar surface area (TPSA) is 76.7 Å². The van der Waals surface area contributed by atoms with E-state index in [0.29, 0.717) is 18.0 Å². The molecule has 0 heterocycles. The summed E-state index contributed by atoms with van der Waals surface area (Å²) in [7, 11) is 1.67. The van der Waals surface area contributed by atoms with E-state index in [2.05, 4.69) is 31.4 Å². The Morgan fingerprint density at radius 2 is 1.25 bits per heavy atom. The van der Waals surface area contributed by atoms with Gasteiger partial charge in [0.1, 0.15) is 0 Å². The van der Waals surface area contributed by atoms with Gasteiger partial charge in [0.25, 0.3) is 0 Å². The van der Waals surface area contributed by atoms with Crippen molar-refractivity contribution in [3.8, 4) is 0 Å². The monoisotopic (exact) mass is 550 g/mol. The summed E-state index contributed by atoms with van der Waals surface area (Å²) < 4.78 is 10.9. The number of nitrogens with one attached hydrogen (secondary N) is 2. The first-order chi connectivity index (χ1) is 17.1. The van der Waals surface area contributed by atoms with Gasteiger partial charge in [-0.3, -0.25) is 9.59 Å². The summed E-state index contributed by atoms with van der Waals surface area (Å²) in [6.07, 6.45) is 9.64. The predicted octanol–water partition coefficient (Wildman–Crippen LogP) is 6.32. The van der Waals surface area contributed by atoms with Gasteiger partial charge in [0, 0.05) is 32.2 Å². The van der Waals surface area contributed by atoms with Gasteiger partial charge in [-0.2, -0.15) is 23.5 Å². The quantitative estimate of drug-likeness (QED) is 0.154. The molecule has 1 unspecified atom stereocenters. The summed E-state index contributed by atoms with van der Waals surface area (Å²) in [5, 5.41) is 5.62. The molecule has 0 spiro atoms. The number of carbonyl (C=O) groups excluding carboxylic acids is 2. The van der Waals surface area contributed by atoms with Gasteiger partial charge < -0.3 is 20.1 Å². The van der Waals surface area contributed by atoms with Crippen molar-refractivity contribution in [3.05, 3.63) is 0 Å². The second-order valence-electron chi connectivity index (χ2n) is 9.86. The minimum absolute atomic E-state index is 0.105. The van der Waals surface area contributed by atoms with Crippen LogP contribution in [0.25, 0.3) is 0 Å². The molecule has 6 nitrogen and oxygen atoms in total. The molecule has 0 saturated carbocycles. The summed E-state index contributed by atoms with van der Waals surface area (Å²) in [4.78, 5) is 22.8. The van der Waals surface area contributed by atoms with Gasteiger partial charge >= 0.3 is 0 Å². The number of hydrogen-bond donors (Lipinski definition) is 2. The van der Waals surface area contributed by atoms with E-state index in [0.717, 1.165) is 51.1 Å². The second kappa shape index (κ2) is 27.6. The number of carbonyl (C=O) groups is 2. The lowest BCUT2D eigenvalue weighted by Gasteiger charge is -2.16. The molecule has 0 aliphatic rings. The summed E-state index contributed by atoms with van der Waals surface area (Å²) in [6.45, 7) is 16.1.